The van der Waals surface area contributed by atoms with Gasteiger partial charge in [0.2, 0.25) is 0 Å². The number of thioether (sulfide) groups is 1. The second-order valence-electron chi connectivity index (χ2n) is 8.41. The van der Waals surface area contributed by atoms with Crippen LogP contribution in [-0.4, -0.2) is 45.4 Å². The number of carbonyl (C=O) groups excluding carboxylic acids is 2. The number of carbonyl (C=O) groups is 2. The molecule has 1 unspecified atom stereocenters. The summed E-state index contributed by atoms with van der Waals surface area (Å²) in [5.74, 6) is -0.223. The van der Waals surface area contributed by atoms with E-state index in [1.807, 2.05) is 57.4 Å². The van der Waals surface area contributed by atoms with Crippen LogP contribution in [0.1, 0.15) is 52.7 Å². The average molecular weight is 493 g/mol. The van der Waals surface area contributed by atoms with Crippen LogP contribution in [0.3, 0.4) is 0 Å². The molecule has 1 aliphatic rings. The van der Waals surface area contributed by atoms with Gasteiger partial charge >= 0.3 is 5.97 Å². The Morgan fingerprint density at radius 3 is 2.46 bits per heavy atom. The van der Waals surface area contributed by atoms with E-state index in [4.69, 9.17) is 9.15 Å². The van der Waals surface area contributed by atoms with Crippen LogP contribution in [0.5, 0.6) is 0 Å². The van der Waals surface area contributed by atoms with Gasteiger partial charge in [-0.25, -0.2) is 15.0 Å². The first kappa shape index (κ1) is 24.7. The van der Waals surface area contributed by atoms with Crippen molar-refractivity contribution in [3.8, 4) is 0 Å². The van der Waals surface area contributed by atoms with Gasteiger partial charge in [-0.3, -0.25) is 9.59 Å². The number of hydrogen-bond donors (Lipinski definition) is 0. The van der Waals surface area contributed by atoms with E-state index in [1.54, 1.807) is 12.3 Å². The van der Waals surface area contributed by atoms with Gasteiger partial charge in [0.05, 0.1) is 12.0 Å². The Kier molecular flexibility index (Phi) is 7.65. The van der Waals surface area contributed by atoms with Gasteiger partial charge in [0.15, 0.2) is 11.8 Å². The van der Waals surface area contributed by atoms with Crippen molar-refractivity contribution in [2.45, 2.75) is 51.2 Å². The highest BCUT2D eigenvalue weighted by Crippen LogP contribution is 2.33. The number of benzene rings is 1. The maximum atomic E-state index is 13.0. The predicted octanol–water partition coefficient (Wildman–Crippen LogP) is 4.57. The standard InChI is InChI=1S/C26H28N4O4S/c1-16-7-9-19(10-8-16)21-14-22(23-6-5-13-33-23)30(29-21)24(31)15-34-25(32)12-11-20-17(2)27-26(35-4)28-18(20)3/h5-10,13,22H,11-12,14-15H2,1-4H3. The highest BCUT2D eigenvalue weighted by molar-refractivity contribution is 7.98. The lowest BCUT2D eigenvalue weighted by Crippen LogP contribution is -2.31. The zero-order chi connectivity index (χ0) is 24.9. The maximum absolute atomic E-state index is 13.0. The van der Waals surface area contributed by atoms with Crippen LogP contribution >= 0.6 is 11.8 Å². The summed E-state index contributed by atoms with van der Waals surface area (Å²) in [7, 11) is 0. The molecule has 0 N–H and O–H groups in total. The van der Waals surface area contributed by atoms with Crippen molar-refractivity contribution in [3.05, 3.63) is 76.5 Å². The van der Waals surface area contributed by atoms with E-state index in [9.17, 15) is 9.59 Å². The van der Waals surface area contributed by atoms with Gasteiger partial charge in [0.25, 0.3) is 5.91 Å². The minimum Gasteiger partial charge on any atom is -0.467 e. The van der Waals surface area contributed by atoms with Crippen LogP contribution in [0, 0.1) is 20.8 Å². The van der Waals surface area contributed by atoms with E-state index in [1.165, 1.54) is 16.8 Å². The number of esters is 1. The first-order chi connectivity index (χ1) is 16.9. The quantitative estimate of drug-likeness (QED) is 0.258. The third-order valence-corrected chi connectivity index (χ3v) is 6.49. The lowest BCUT2D eigenvalue weighted by atomic mass is 10.0. The Hall–Kier alpha value is -3.46. The molecule has 182 valence electrons. The van der Waals surface area contributed by atoms with Gasteiger partial charge in [0.1, 0.15) is 11.8 Å². The van der Waals surface area contributed by atoms with Gasteiger partial charge in [-0.1, -0.05) is 41.6 Å². The second-order valence-corrected chi connectivity index (χ2v) is 9.18. The molecule has 35 heavy (non-hydrogen) atoms. The summed E-state index contributed by atoms with van der Waals surface area (Å²) in [6.07, 6.45) is 4.60. The molecule has 1 atom stereocenters. The molecule has 0 saturated carbocycles. The zero-order valence-electron chi connectivity index (χ0n) is 20.3. The smallest absolute Gasteiger partial charge is 0.306 e. The molecule has 8 nitrogen and oxygen atoms in total. The number of furan rings is 1. The van der Waals surface area contributed by atoms with Gasteiger partial charge < -0.3 is 9.15 Å². The van der Waals surface area contributed by atoms with E-state index in [-0.39, 0.29) is 19.1 Å². The van der Waals surface area contributed by atoms with E-state index < -0.39 is 11.9 Å². The third-order valence-electron chi connectivity index (χ3n) is 5.94. The molecule has 0 saturated heterocycles. The van der Waals surface area contributed by atoms with Gasteiger partial charge in [-0.15, -0.1) is 0 Å². The van der Waals surface area contributed by atoms with Gasteiger partial charge in [-0.05, 0) is 56.7 Å². The molecular formula is C26H28N4O4S. The van der Waals surface area contributed by atoms with Crippen LogP contribution in [-0.2, 0) is 20.7 Å². The van der Waals surface area contributed by atoms with Crippen molar-refractivity contribution >= 4 is 29.4 Å². The molecule has 0 radical (unpaired) electrons. The van der Waals surface area contributed by atoms with Crippen LogP contribution < -0.4 is 0 Å². The van der Waals surface area contributed by atoms with Crippen LogP contribution in [0.25, 0.3) is 0 Å². The molecule has 0 fully saturated rings. The summed E-state index contributed by atoms with van der Waals surface area (Å²) in [6, 6.07) is 11.2. The fourth-order valence-corrected chi connectivity index (χ4v) is 4.49. The van der Waals surface area contributed by atoms with E-state index in [0.29, 0.717) is 23.8 Å². The fraction of sp³-hybridized carbons (Fsp3) is 0.346. The van der Waals surface area contributed by atoms with Crippen molar-refractivity contribution < 1.29 is 18.7 Å². The summed E-state index contributed by atoms with van der Waals surface area (Å²) < 4.78 is 10.9. The van der Waals surface area contributed by atoms with E-state index >= 15 is 0 Å². The minimum atomic E-state index is -0.456. The number of hydrogen-bond acceptors (Lipinski definition) is 8. The Bertz CT molecular complexity index is 1220. The number of hydrazone groups is 1. The number of nitrogens with zero attached hydrogens (tertiary/aromatic N) is 4. The van der Waals surface area contributed by atoms with Crippen molar-refractivity contribution in [2.75, 3.05) is 12.9 Å². The molecule has 0 bridgehead atoms. The number of amides is 1. The van der Waals surface area contributed by atoms with Gasteiger partial charge in [-0.2, -0.15) is 5.10 Å². The highest BCUT2D eigenvalue weighted by Gasteiger charge is 2.35. The molecule has 1 aliphatic heterocycles. The molecule has 4 rings (SSSR count). The summed E-state index contributed by atoms with van der Waals surface area (Å²) in [4.78, 5) is 34.3. The topological polar surface area (TPSA) is 97.9 Å². The van der Waals surface area contributed by atoms with Crippen molar-refractivity contribution in [1.29, 1.82) is 0 Å². The number of aryl methyl sites for hydroxylation is 3. The van der Waals surface area contributed by atoms with Crippen molar-refractivity contribution in [2.24, 2.45) is 5.10 Å². The number of aromatic nitrogens is 2. The Labute approximate surface area is 208 Å². The normalized spacial score (nSPS) is 15.3. The number of rotatable bonds is 8. The second kappa shape index (κ2) is 10.9. The summed E-state index contributed by atoms with van der Waals surface area (Å²) in [6.45, 7) is 5.44. The zero-order valence-corrected chi connectivity index (χ0v) is 21.1. The Balaban J connectivity index is 1.40. The largest absolute Gasteiger partial charge is 0.467 e. The third kappa shape index (κ3) is 5.79. The molecular weight excluding hydrogens is 464 g/mol. The van der Waals surface area contributed by atoms with Crippen LogP contribution in [0.4, 0.5) is 0 Å². The van der Waals surface area contributed by atoms with E-state index in [0.717, 1.165) is 33.8 Å². The van der Waals surface area contributed by atoms with Crippen molar-refractivity contribution in [1.82, 2.24) is 15.0 Å². The SMILES string of the molecule is CSc1nc(C)c(CCC(=O)OCC(=O)N2N=C(c3ccc(C)cc3)CC2c2ccco2)c(C)n1. The Morgan fingerprint density at radius 1 is 1.11 bits per heavy atom. The summed E-state index contributed by atoms with van der Waals surface area (Å²) in [5.41, 5.74) is 5.50. The van der Waals surface area contributed by atoms with Crippen LogP contribution in [0.15, 0.2) is 57.3 Å². The molecule has 9 heteroatoms. The monoisotopic (exact) mass is 492 g/mol. The lowest BCUT2D eigenvalue weighted by Gasteiger charge is -2.19. The molecule has 0 spiro atoms. The average Bonchev–Trinajstić information content (AvgIpc) is 3.52. The van der Waals surface area contributed by atoms with Crippen LogP contribution in [0.2, 0.25) is 0 Å². The highest BCUT2D eigenvalue weighted by atomic mass is 32.2. The lowest BCUT2D eigenvalue weighted by molar-refractivity contribution is -0.152. The summed E-state index contributed by atoms with van der Waals surface area (Å²) in [5, 5.41) is 6.64. The predicted molar refractivity (Wildman–Crippen MR) is 133 cm³/mol. The van der Waals surface area contributed by atoms with Crippen molar-refractivity contribution in [3.63, 3.8) is 0 Å². The fourth-order valence-electron chi connectivity index (χ4n) is 4.03. The van der Waals surface area contributed by atoms with Gasteiger partial charge in [0, 0.05) is 24.2 Å². The molecule has 1 aromatic carbocycles. The van der Waals surface area contributed by atoms with E-state index in [2.05, 4.69) is 15.1 Å². The molecule has 3 aromatic rings. The summed E-state index contributed by atoms with van der Waals surface area (Å²) >= 11 is 1.48. The Morgan fingerprint density at radius 2 is 1.83 bits per heavy atom. The minimum absolute atomic E-state index is 0.135. The molecule has 1 amide bonds. The maximum Gasteiger partial charge on any atom is 0.306 e. The first-order valence-corrected chi connectivity index (χ1v) is 12.6. The molecule has 0 aliphatic carbocycles. The number of ether oxygens (including phenoxy) is 1. The molecule has 3 heterocycles. The first-order valence-electron chi connectivity index (χ1n) is 11.4. The molecule has 2 aromatic heterocycles.